The molecule has 0 aromatic heterocycles. The molecule has 2 rings (SSSR count). The first kappa shape index (κ1) is 10.2. The van der Waals surface area contributed by atoms with Crippen molar-refractivity contribution in [1.82, 2.24) is 5.32 Å². The molecule has 4 heteroatoms. The predicted octanol–water partition coefficient (Wildman–Crippen LogP) is 0.282. The fourth-order valence-corrected chi connectivity index (χ4v) is 5.20. The van der Waals surface area contributed by atoms with Crippen molar-refractivity contribution < 1.29 is 9.90 Å². The van der Waals surface area contributed by atoms with Crippen LogP contribution in [-0.2, 0) is 4.79 Å². The Morgan fingerprint density at radius 3 is 2.71 bits per heavy atom. The second-order valence-electron chi connectivity index (χ2n) is 4.37. The molecule has 3 nitrogen and oxygen atoms in total. The van der Waals surface area contributed by atoms with Crippen molar-refractivity contribution in [2.45, 2.75) is 37.2 Å². The van der Waals surface area contributed by atoms with Gasteiger partial charge in [-0.15, -0.1) is 0 Å². The van der Waals surface area contributed by atoms with Crippen LogP contribution in [0.25, 0.3) is 0 Å². The van der Waals surface area contributed by atoms with Gasteiger partial charge in [0.25, 0.3) is 0 Å². The van der Waals surface area contributed by atoms with E-state index in [9.17, 15) is 9.90 Å². The zero-order valence-electron chi connectivity index (χ0n) is 8.57. The third kappa shape index (κ3) is 1.05. The molecule has 2 N–H and O–H groups in total. The molecule has 0 aliphatic carbocycles. The average molecular weight is 260 g/mol. The van der Waals surface area contributed by atoms with Crippen molar-refractivity contribution in [3.8, 4) is 0 Å². The maximum atomic E-state index is 11.6. The van der Waals surface area contributed by atoms with Crippen LogP contribution >= 0.6 is 0 Å². The third-order valence-electron chi connectivity index (χ3n) is 3.03. The first-order chi connectivity index (χ1) is 6.50. The van der Waals surface area contributed by atoms with Crippen LogP contribution in [0.2, 0.25) is 4.31 Å². The van der Waals surface area contributed by atoms with E-state index in [0.717, 1.165) is 0 Å². The monoisotopic (exact) mass is 261 g/mol. The summed E-state index contributed by atoms with van der Waals surface area (Å²) < 4.78 is -0.481. The first-order valence-corrected chi connectivity index (χ1v) is 6.68. The Balaban J connectivity index is 2.28. The summed E-state index contributed by atoms with van der Waals surface area (Å²) in [5.41, 5.74) is 1.21. The summed E-state index contributed by atoms with van der Waals surface area (Å²) in [4.78, 5) is 13.8. The molecule has 0 bridgehead atoms. The summed E-state index contributed by atoms with van der Waals surface area (Å²) in [6.45, 7) is 5.96. The van der Waals surface area contributed by atoms with E-state index in [1.807, 2.05) is 20.8 Å². The quantitative estimate of drug-likeness (QED) is 0.553. The van der Waals surface area contributed by atoms with Gasteiger partial charge in [0, 0.05) is 0 Å². The molecular weight excluding hydrogens is 245 g/mol. The SMILES string of the molecule is CC1=C[Se][C@@]2([C@@H](O)C(C)C)C(=O)N[C@@H]12. The normalized spacial score (nSPS) is 37.4. The maximum absolute atomic E-state index is 11.6. The van der Waals surface area contributed by atoms with E-state index in [0.29, 0.717) is 0 Å². The van der Waals surface area contributed by atoms with Gasteiger partial charge in [-0.2, -0.15) is 0 Å². The molecule has 2 aliphatic rings. The van der Waals surface area contributed by atoms with Gasteiger partial charge in [0.2, 0.25) is 0 Å². The standard InChI is InChI=1S/C10H15NO2Se/c1-5(2)8(12)10-7(11-9(10)13)6(3)4-14-10/h4-5,7-8,12H,1-3H3,(H,11,13)/t7-,8-,10-/m0/s1. The van der Waals surface area contributed by atoms with Crippen molar-refractivity contribution in [3.05, 3.63) is 10.5 Å². The Morgan fingerprint density at radius 1 is 1.64 bits per heavy atom. The van der Waals surface area contributed by atoms with Crippen LogP contribution in [0.15, 0.2) is 10.5 Å². The Hall–Kier alpha value is -0.311. The number of carbonyl (C=O) groups is 1. The van der Waals surface area contributed by atoms with Gasteiger partial charge in [0.15, 0.2) is 0 Å². The molecule has 1 fully saturated rings. The summed E-state index contributed by atoms with van der Waals surface area (Å²) in [5.74, 6) is 0.182. The van der Waals surface area contributed by atoms with Gasteiger partial charge < -0.3 is 0 Å². The number of nitrogens with one attached hydrogen (secondary N) is 1. The summed E-state index contributed by atoms with van der Waals surface area (Å²) in [7, 11) is 0. The third-order valence-corrected chi connectivity index (χ3v) is 6.26. The van der Waals surface area contributed by atoms with E-state index in [-0.39, 0.29) is 32.8 Å². The van der Waals surface area contributed by atoms with E-state index in [2.05, 4.69) is 10.3 Å². The van der Waals surface area contributed by atoms with Gasteiger partial charge in [-0.05, 0) is 0 Å². The molecule has 0 spiro atoms. The van der Waals surface area contributed by atoms with Crippen molar-refractivity contribution in [2.24, 2.45) is 5.92 Å². The van der Waals surface area contributed by atoms with Crippen LogP contribution in [-0.4, -0.2) is 38.1 Å². The Morgan fingerprint density at radius 2 is 2.29 bits per heavy atom. The number of amides is 1. The van der Waals surface area contributed by atoms with E-state index >= 15 is 0 Å². The minimum absolute atomic E-state index is 0.0387. The van der Waals surface area contributed by atoms with Crippen LogP contribution in [0, 0.1) is 5.92 Å². The molecule has 2 heterocycles. The summed E-state index contributed by atoms with van der Waals surface area (Å²) in [6, 6.07) is 0.104. The van der Waals surface area contributed by atoms with Crippen LogP contribution < -0.4 is 5.32 Å². The van der Waals surface area contributed by atoms with Crippen molar-refractivity contribution in [2.75, 3.05) is 0 Å². The molecule has 3 atom stereocenters. The number of rotatable bonds is 2. The molecule has 1 amide bonds. The van der Waals surface area contributed by atoms with Gasteiger partial charge in [0.05, 0.1) is 0 Å². The topological polar surface area (TPSA) is 49.3 Å². The van der Waals surface area contributed by atoms with Crippen molar-refractivity contribution >= 4 is 20.9 Å². The number of β-lactam (4-membered cyclic amide) rings is 1. The first-order valence-electron chi connectivity index (χ1n) is 4.83. The van der Waals surface area contributed by atoms with Crippen LogP contribution in [0.4, 0.5) is 0 Å². The minimum atomic E-state index is -0.505. The number of carbonyl (C=O) groups excluding carboxylic acids is 1. The molecule has 0 unspecified atom stereocenters. The van der Waals surface area contributed by atoms with Crippen LogP contribution in [0.5, 0.6) is 0 Å². The van der Waals surface area contributed by atoms with Crippen LogP contribution in [0.1, 0.15) is 20.8 Å². The van der Waals surface area contributed by atoms with Crippen molar-refractivity contribution in [1.29, 1.82) is 0 Å². The molecule has 78 valence electrons. The molecule has 14 heavy (non-hydrogen) atoms. The Labute approximate surface area is 90.1 Å². The molecule has 0 saturated carbocycles. The summed E-state index contributed by atoms with van der Waals surface area (Å²) in [5, 5.41) is 13.0. The molecule has 1 saturated heterocycles. The summed E-state index contributed by atoms with van der Waals surface area (Å²) >= 11 is 0.105. The van der Waals surface area contributed by atoms with Gasteiger partial charge in [0.1, 0.15) is 0 Å². The van der Waals surface area contributed by atoms with Crippen molar-refractivity contribution in [3.63, 3.8) is 0 Å². The Kier molecular flexibility index (Phi) is 2.25. The van der Waals surface area contributed by atoms with Crippen LogP contribution in [0.3, 0.4) is 0 Å². The molecule has 0 aromatic rings. The Bertz CT molecular complexity index is 313. The fraction of sp³-hybridized carbons (Fsp3) is 0.700. The van der Waals surface area contributed by atoms with E-state index in [1.54, 1.807) is 0 Å². The second kappa shape index (κ2) is 3.09. The van der Waals surface area contributed by atoms with Gasteiger partial charge in [-0.3, -0.25) is 0 Å². The fourth-order valence-electron chi connectivity index (χ4n) is 2.11. The zero-order valence-corrected chi connectivity index (χ0v) is 10.3. The van der Waals surface area contributed by atoms with E-state index in [1.165, 1.54) is 5.57 Å². The molecule has 0 aromatic carbocycles. The predicted molar refractivity (Wildman–Crippen MR) is 55.0 cm³/mol. The number of hydrogen-bond donors (Lipinski definition) is 2. The number of fused-ring (bicyclic) bond motifs is 1. The number of aliphatic hydroxyl groups is 1. The van der Waals surface area contributed by atoms with Gasteiger partial charge >= 0.3 is 89.8 Å². The van der Waals surface area contributed by atoms with Gasteiger partial charge in [-0.25, -0.2) is 0 Å². The molecule has 2 aliphatic heterocycles. The number of aliphatic hydroxyl groups excluding tert-OH is 1. The average Bonchev–Trinajstić information content (AvgIpc) is 2.38. The van der Waals surface area contributed by atoms with E-state index < -0.39 is 10.4 Å². The van der Waals surface area contributed by atoms with Gasteiger partial charge in [-0.1, -0.05) is 0 Å². The second-order valence-corrected chi connectivity index (χ2v) is 6.77. The van der Waals surface area contributed by atoms with E-state index in [4.69, 9.17) is 0 Å². The molecular formula is C10H15NO2Se. The number of hydrogen-bond acceptors (Lipinski definition) is 2. The molecule has 0 radical (unpaired) electrons. The summed E-state index contributed by atoms with van der Waals surface area (Å²) in [6.07, 6.45) is -0.505. The zero-order chi connectivity index (χ0) is 10.5.